The number of pyridine rings is 1. The van der Waals surface area contributed by atoms with Crippen molar-refractivity contribution in [2.24, 2.45) is 0 Å². The molecule has 5 nitrogen and oxygen atoms in total. The van der Waals surface area contributed by atoms with Crippen LogP contribution < -0.4 is 5.32 Å². The van der Waals surface area contributed by atoms with Crippen molar-refractivity contribution in [3.05, 3.63) is 29.0 Å². The molecule has 104 valence electrons. The molecule has 0 aliphatic rings. The third kappa shape index (κ3) is 5.70. The second-order valence-electron chi connectivity index (χ2n) is 4.20. The topological polar surface area (TPSA) is 68.3 Å². The first-order valence-corrected chi connectivity index (χ1v) is 6.48. The maximum absolute atomic E-state index is 11.6. The fraction of sp³-hybridized carbons (Fsp3) is 0.462. The summed E-state index contributed by atoms with van der Waals surface area (Å²) >= 11 is 5.60. The third-order valence-corrected chi connectivity index (χ3v) is 2.65. The summed E-state index contributed by atoms with van der Waals surface area (Å²) in [7, 11) is 0. The summed E-state index contributed by atoms with van der Waals surface area (Å²) in [6, 6.07) is 3.06. The quantitative estimate of drug-likeness (QED) is 0.642. The van der Waals surface area contributed by atoms with Gasteiger partial charge in [-0.3, -0.25) is 4.79 Å². The lowest BCUT2D eigenvalue weighted by molar-refractivity contribution is -0.124. The Morgan fingerprint density at radius 2 is 2.21 bits per heavy atom. The standard InChI is InChI=1S/C13H17ClN2O3/c1-3-4-9(2)16-12(17)8-19-13(18)10-5-6-11(14)15-7-10/h5-7,9H,3-4,8H2,1-2H3,(H,16,17)/t9-/m0/s1. The first-order valence-electron chi connectivity index (χ1n) is 6.11. The van der Waals surface area contributed by atoms with Crippen molar-refractivity contribution in [2.75, 3.05) is 6.61 Å². The summed E-state index contributed by atoms with van der Waals surface area (Å²) in [4.78, 5) is 26.8. The number of carbonyl (C=O) groups is 2. The third-order valence-electron chi connectivity index (χ3n) is 2.43. The van der Waals surface area contributed by atoms with Gasteiger partial charge < -0.3 is 10.1 Å². The Balaban J connectivity index is 2.37. The van der Waals surface area contributed by atoms with E-state index in [0.29, 0.717) is 5.15 Å². The van der Waals surface area contributed by atoms with Crippen molar-refractivity contribution in [1.29, 1.82) is 0 Å². The molecule has 0 aliphatic heterocycles. The zero-order chi connectivity index (χ0) is 14.3. The number of carbonyl (C=O) groups excluding carboxylic acids is 2. The number of hydrogen-bond donors (Lipinski definition) is 1. The monoisotopic (exact) mass is 284 g/mol. The zero-order valence-electron chi connectivity index (χ0n) is 11.0. The van der Waals surface area contributed by atoms with Crippen LogP contribution >= 0.6 is 11.6 Å². The predicted molar refractivity (Wildman–Crippen MR) is 72.0 cm³/mol. The number of nitrogens with zero attached hydrogens (tertiary/aromatic N) is 1. The number of esters is 1. The molecule has 0 bridgehead atoms. The van der Waals surface area contributed by atoms with E-state index in [2.05, 4.69) is 10.3 Å². The molecule has 1 heterocycles. The SMILES string of the molecule is CCC[C@H](C)NC(=O)COC(=O)c1ccc(Cl)nc1. The summed E-state index contributed by atoms with van der Waals surface area (Å²) in [5.74, 6) is -0.904. The minimum Gasteiger partial charge on any atom is -0.452 e. The summed E-state index contributed by atoms with van der Waals surface area (Å²) < 4.78 is 4.87. The molecule has 0 saturated carbocycles. The van der Waals surface area contributed by atoms with Crippen molar-refractivity contribution in [2.45, 2.75) is 32.7 Å². The highest BCUT2D eigenvalue weighted by molar-refractivity contribution is 6.29. The molecule has 1 aromatic rings. The van der Waals surface area contributed by atoms with Crippen LogP contribution in [0.2, 0.25) is 5.15 Å². The van der Waals surface area contributed by atoms with Crippen LogP contribution in [0.15, 0.2) is 18.3 Å². The van der Waals surface area contributed by atoms with E-state index >= 15 is 0 Å². The molecule has 19 heavy (non-hydrogen) atoms. The summed E-state index contributed by atoms with van der Waals surface area (Å²) in [5, 5.41) is 3.04. The van der Waals surface area contributed by atoms with Gasteiger partial charge in [-0.25, -0.2) is 9.78 Å². The number of amides is 1. The molecular weight excluding hydrogens is 268 g/mol. The Kier molecular flexibility index (Phi) is 6.29. The number of halogens is 1. The van der Waals surface area contributed by atoms with Gasteiger partial charge in [-0.1, -0.05) is 24.9 Å². The number of aromatic nitrogens is 1. The van der Waals surface area contributed by atoms with Gasteiger partial charge in [0.1, 0.15) is 5.15 Å². The number of nitrogens with one attached hydrogen (secondary N) is 1. The molecule has 0 saturated heterocycles. The van der Waals surface area contributed by atoms with Crippen molar-refractivity contribution in [3.8, 4) is 0 Å². The normalized spacial score (nSPS) is 11.7. The van der Waals surface area contributed by atoms with Crippen molar-refractivity contribution < 1.29 is 14.3 Å². The highest BCUT2D eigenvalue weighted by Crippen LogP contribution is 2.06. The van der Waals surface area contributed by atoms with E-state index in [1.165, 1.54) is 18.3 Å². The van der Waals surface area contributed by atoms with E-state index in [1.54, 1.807) is 0 Å². The summed E-state index contributed by atoms with van der Waals surface area (Å²) in [6.07, 6.45) is 3.18. The van der Waals surface area contributed by atoms with E-state index < -0.39 is 5.97 Å². The first kappa shape index (κ1) is 15.4. The highest BCUT2D eigenvalue weighted by atomic mass is 35.5. The molecule has 0 fully saturated rings. The lowest BCUT2D eigenvalue weighted by Crippen LogP contribution is -2.35. The van der Waals surface area contributed by atoms with Gasteiger partial charge >= 0.3 is 5.97 Å². The fourth-order valence-corrected chi connectivity index (χ4v) is 1.64. The van der Waals surface area contributed by atoms with E-state index in [4.69, 9.17) is 16.3 Å². The van der Waals surface area contributed by atoms with Crippen LogP contribution in [0.25, 0.3) is 0 Å². The second kappa shape index (κ2) is 7.74. The van der Waals surface area contributed by atoms with E-state index in [-0.39, 0.29) is 24.1 Å². The molecule has 0 unspecified atom stereocenters. The second-order valence-corrected chi connectivity index (χ2v) is 4.59. The molecule has 1 aromatic heterocycles. The van der Waals surface area contributed by atoms with Crippen LogP contribution in [0.1, 0.15) is 37.0 Å². The van der Waals surface area contributed by atoms with Crippen LogP contribution in [0.3, 0.4) is 0 Å². The largest absolute Gasteiger partial charge is 0.452 e. The van der Waals surface area contributed by atoms with Gasteiger partial charge in [0.15, 0.2) is 6.61 Å². The number of hydrogen-bond acceptors (Lipinski definition) is 4. The molecule has 1 rings (SSSR count). The average molecular weight is 285 g/mol. The first-order chi connectivity index (χ1) is 9.02. The summed E-state index contributed by atoms with van der Waals surface area (Å²) in [6.45, 7) is 3.65. The smallest absolute Gasteiger partial charge is 0.340 e. The predicted octanol–water partition coefficient (Wildman–Crippen LogP) is 2.20. The number of rotatable bonds is 6. The van der Waals surface area contributed by atoms with Gasteiger partial charge in [-0.15, -0.1) is 0 Å². The Morgan fingerprint density at radius 1 is 1.47 bits per heavy atom. The zero-order valence-corrected chi connectivity index (χ0v) is 11.7. The van der Waals surface area contributed by atoms with Gasteiger partial charge in [0, 0.05) is 12.2 Å². The van der Waals surface area contributed by atoms with Crippen LogP contribution in [-0.4, -0.2) is 29.5 Å². The van der Waals surface area contributed by atoms with Crippen LogP contribution in [0.5, 0.6) is 0 Å². The van der Waals surface area contributed by atoms with Crippen molar-refractivity contribution in [3.63, 3.8) is 0 Å². The molecule has 0 spiro atoms. The van der Waals surface area contributed by atoms with E-state index in [9.17, 15) is 9.59 Å². The van der Waals surface area contributed by atoms with E-state index in [1.807, 2.05) is 13.8 Å². The fourth-order valence-electron chi connectivity index (χ4n) is 1.53. The molecule has 1 amide bonds. The van der Waals surface area contributed by atoms with Gasteiger partial charge in [0.25, 0.3) is 5.91 Å². The Bertz CT molecular complexity index is 434. The van der Waals surface area contributed by atoms with Crippen molar-refractivity contribution in [1.82, 2.24) is 10.3 Å². The lowest BCUT2D eigenvalue weighted by Gasteiger charge is -2.12. The molecule has 0 aliphatic carbocycles. The molecule has 1 atom stereocenters. The molecule has 0 radical (unpaired) electrons. The van der Waals surface area contributed by atoms with Crippen molar-refractivity contribution >= 4 is 23.5 Å². The lowest BCUT2D eigenvalue weighted by atomic mass is 10.2. The number of ether oxygens (including phenoxy) is 1. The molecule has 0 aromatic carbocycles. The maximum Gasteiger partial charge on any atom is 0.340 e. The molecular formula is C13H17ClN2O3. The summed E-state index contributed by atoms with van der Waals surface area (Å²) in [5.41, 5.74) is 0.263. The Hall–Kier alpha value is -1.62. The Labute approximate surface area is 117 Å². The van der Waals surface area contributed by atoms with Gasteiger partial charge in [0.2, 0.25) is 0 Å². The molecule has 6 heteroatoms. The minimum atomic E-state index is -0.595. The van der Waals surface area contributed by atoms with Gasteiger partial charge in [0.05, 0.1) is 5.56 Å². The van der Waals surface area contributed by atoms with Gasteiger partial charge in [-0.05, 0) is 25.5 Å². The van der Waals surface area contributed by atoms with Crippen LogP contribution in [0.4, 0.5) is 0 Å². The van der Waals surface area contributed by atoms with Crippen LogP contribution in [0, 0.1) is 0 Å². The van der Waals surface area contributed by atoms with E-state index in [0.717, 1.165) is 12.8 Å². The maximum atomic E-state index is 11.6. The molecule has 1 N–H and O–H groups in total. The Morgan fingerprint density at radius 3 is 2.79 bits per heavy atom. The van der Waals surface area contributed by atoms with Crippen LogP contribution in [-0.2, 0) is 9.53 Å². The highest BCUT2D eigenvalue weighted by Gasteiger charge is 2.12. The van der Waals surface area contributed by atoms with Gasteiger partial charge in [-0.2, -0.15) is 0 Å². The minimum absolute atomic E-state index is 0.0772. The average Bonchev–Trinajstić information content (AvgIpc) is 2.37.